The highest BCUT2D eigenvalue weighted by Gasteiger charge is 2.41. The van der Waals surface area contributed by atoms with Crippen molar-refractivity contribution in [1.29, 1.82) is 0 Å². The monoisotopic (exact) mass is 318 g/mol. The van der Waals surface area contributed by atoms with Gasteiger partial charge >= 0.3 is 11.9 Å². The Labute approximate surface area is 141 Å². The summed E-state index contributed by atoms with van der Waals surface area (Å²) in [4.78, 5) is 24.8. The van der Waals surface area contributed by atoms with Crippen LogP contribution in [0.15, 0.2) is 0 Å². The SMILES string of the molecule is C#CC(C)(C)CC(C)(C)C(=O)OC(=O)C(C)(C)CC(C)(C)C#C. The molecule has 3 heteroatoms. The van der Waals surface area contributed by atoms with Crippen molar-refractivity contribution >= 4 is 11.9 Å². The first-order valence-electron chi connectivity index (χ1n) is 7.81. The Morgan fingerprint density at radius 2 is 1.00 bits per heavy atom. The molecule has 0 radical (unpaired) electrons. The molecule has 0 atom stereocenters. The van der Waals surface area contributed by atoms with Crippen molar-refractivity contribution in [3.8, 4) is 24.7 Å². The molecule has 0 aromatic heterocycles. The molecule has 0 saturated heterocycles. The normalized spacial score (nSPS) is 13.0. The van der Waals surface area contributed by atoms with Gasteiger partial charge in [0.05, 0.1) is 10.8 Å². The summed E-state index contributed by atoms with van der Waals surface area (Å²) < 4.78 is 5.15. The molecular weight excluding hydrogens is 288 g/mol. The highest BCUT2D eigenvalue weighted by atomic mass is 16.6. The van der Waals surface area contributed by atoms with Gasteiger partial charge in [-0.05, 0) is 68.2 Å². The zero-order valence-electron chi connectivity index (χ0n) is 15.8. The molecule has 3 nitrogen and oxygen atoms in total. The van der Waals surface area contributed by atoms with E-state index in [1.165, 1.54) is 0 Å². The molecule has 0 aromatic rings. The van der Waals surface area contributed by atoms with Crippen LogP contribution in [0.3, 0.4) is 0 Å². The summed E-state index contributed by atoms with van der Waals surface area (Å²) in [6.07, 6.45) is 11.8. The zero-order valence-corrected chi connectivity index (χ0v) is 15.8. The Kier molecular flexibility index (Phi) is 6.28. The van der Waals surface area contributed by atoms with Gasteiger partial charge in [0.2, 0.25) is 0 Å². The van der Waals surface area contributed by atoms with E-state index in [0.717, 1.165) is 0 Å². The molecule has 0 aliphatic carbocycles. The Morgan fingerprint density at radius 1 is 0.739 bits per heavy atom. The van der Waals surface area contributed by atoms with Crippen LogP contribution in [0.2, 0.25) is 0 Å². The van der Waals surface area contributed by atoms with Crippen molar-refractivity contribution in [2.75, 3.05) is 0 Å². The molecule has 0 bridgehead atoms. The molecule has 0 amide bonds. The van der Waals surface area contributed by atoms with Crippen molar-refractivity contribution < 1.29 is 14.3 Å². The number of carbonyl (C=O) groups excluding carboxylic acids is 2. The van der Waals surface area contributed by atoms with Gasteiger partial charge in [-0.3, -0.25) is 9.59 Å². The molecule has 0 saturated carbocycles. The van der Waals surface area contributed by atoms with Crippen molar-refractivity contribution in [3.05, 3.63) is 0 Å². The van der Waals surface area contributed by atoms with Crippen LogP contribution in [0.4, 0.5) is 0 Å². The smallest absolute Gasteiger partial charge is 0.319 e. The largest absolute Gasteiger partial charge is 0.392 e. The van der Waals surface area contributed by atoms with Crippen LogP contribution in [0, 0.1) is 46.3 Å². The van der Waals surface area contributed by atoms with Gasteiger partial charge in [0, 0.05) is 10.8 Å². The van der Waals surface area contributed by atoms with Crippen LogP contribution in [-0.4, -0.2) is 11.9 Å². The molecule has 0 N–H and O–H groups in total. The van der Waals surface area contributed by atoms with Crippen LogP contribution < -0.4 is 0 Å². The lowest BCUT2D eigenvalue weighted by molar-refractivity contribution is -0.173. The second-order valence-electron chi connectivity index (χ2n) is 8.85. The van der Waals surface area contributed by atoms with Crippen molar-refractivity contribution in [2.24, 2.45) is 21.7 Å². The highest BCUT2D eigenvalue weighted by Crippen LogP contribution is 2.37. The van der Waals surface area contributed by atoms with E-state index in [1.807, 2.05) is 27.7 Å². The third-order valence-corrected chi connectivity index (χ3v) is 3.84. The molecule has 128 valence electrons. The molecule has 0 heterocycles. The first-order chi connectivity index (χ1) is 10.1. The van der Waals surface area contributed by atoms with Gasteiger partial charge < -0.3 is 4.74 Å². The molecule has 0 aliphatic rings. The number of terminal acetylenes is 2. The lowest BCUT2D eigenvalue weighted by atomic mass is 9.75. The van der Waals surface area contributed by atoms with Gasteiger partial charge in [-0.2, -0.15) is 0 Å². The van der Waals surface area contributed by atoms with Crippen LogP contribution in [0.1, 0.15) is 68.2 Å². The zero-order chi connectivity index (χ0) is 18.7. The van der Waals surface area contributed by atoms with E-state index in [2.05, 4.69) is 11.8 Å². The molecule has 0 rings (SSSR count). The predicted molar refractivity (Wildman–Crippen MR) is 93.1 cm³/mol. The minimum atomic E-state index is -0.844. The fourth-order valence-electron chi connectivity index (χ4n) is 2.82. The fourth-order valence-corrected chi connectivity index (χ4v) is 2.82. The second-order valence-corrected chi connectivity index (χ2v) is 8.85. The topological polar surface area (TPSA) is 43.4 Å². The molecule has 23 heavy (non-hydrogen) atoms. The first kappa shape index (κ1) is 21.3. The van der Waals surface area contributed by atoms with E-state index in [4.69, 9.17) is 17.6 Å². The van der Waals surface area contributed by atoms with E-state index in [1.54, 1.807) is 27.7 Å². The van der Waals surface area contributed by atoms with Crippen molar-refractivity contribution in [1.82, 2.24) is 0 Å². The number of rotatable bonds is 6. The second kappa shape index (κ2) is 6.79. The highest BCUT2D eigenvalue weighted by molar-refractivity contribution is 5.91. The van der Waals surface area contributed by atoms with Crippen molar-refractivity contribution in [3.63, 3.8) is 0 Å². The third-order valence-electron chi connectivity index (χ3n) is 3.84. The third kappa shape index (κ3) is 6.49. The predicted octanol–water partition coefficient (Wildman–Crippen LogP) is 4.21. The molecular formula is C20H30O3. The average molecular weight is 318 g/mol. The van der Waals surface area contributed by atoms with E-state index in [-0.39, 0.29) is 0 Å². The standard InChI is InChI=1S/C20H30O3/c1-11-17(3,4)13-19(7,8)15(21)23-16(22)20(9,10)14-18(5,6)12-2/h1-2H,13-14H2,3-10H3. The average Bonchev–Trinajstić information content (AvgIpc) is 2.36. The number of esters is 2. The van der Waals surface area contributed by atoms with E-state index in [0.29, 0.717) is 12.8 Å². The first-order valence-corrected chi connectivity index (χ1v) is 7.81. The minimum absolute atomic E-state index is 0.429. The molecule has 0 unspecified atom stereocenters. The summed E-state index contributed by atoms with van der Waals surface area (Å²) in [5.74, 6) is 4.20. The Morgan fingerprint density at radius 3 is 1.22 bits per heavy atom. The van der Waals surface area contributed by atoms with Gasteiger partial charge in [0.1, 0.15) is 0 Å². The molecule has 0 aliphatic heterocycles. The van der Waals surface area contributed by atoms with Gasteiger partial charge in [-0.15, -0.1) is 24.7 Å². The maximum absolute atomic E-state index is 12.4. The lowest BCUT2D eigenvalue weighted by Gasteiger charge is -2.32. The van der Waals surface area contributed by atoms with Crippen LogP contribution in [-0.2, 0) is 14.3 Å². The number of hydrogen-bond acceptors (Lipinski definition) is 3. The molecule has 0 fully saturated rings. The number of hydrogen-bond donors (Lipinski definition) is 0. The Bertz CT molecular complexity index is 498. The van der Waals surface area contributed by atoms with E-state index < -0.39 is 33.6 Å². The van der Waals surface area contributed by atoms with Gasteiger partial charge in [-0.1, -0.05) is 0 Å². The number of ether oxygens (including phenoxy) is 1. The van der Waals surface area contributed by atoms with Crippen LogP contribution in [0.5, 0.6) is 0 Å². The molecule has 0 aromatic carbocycles. The summed E-state index contributed by atoms with van der Waals surface area (Å²) in [5, 5.41) is 0. The quantitative estimate of drug-likeness (QED) is 0.418. The van der Waals surface area contributed by atoms with E-state index >= 15 is 0 Å². The lowest BCUT2D eigenvalue weighted by Crippen LogP contribution is -2.38. The Balaban J connectivity index is 5.07. The minimum Gasteiger partial charge on any atom is -0.392 e. The molecule has 0 spiro atoms. The van der Waals surface area contributed by atoms with Gasteiger partial charge in [0.15, 0.2) is 0 Å². The van der Waals surface area contributed by atoms with Gasteiger partial charge in [0.25, 0.3) is 0 Å². The summed E-state index contributed by atoms with van der Waals surface area (Å²) in [6, 6.07) is 0. The summed E-state index contributed by atoms with van der Waals surface area (Å²) >= 11 is 0. The Hall–Kier alpha value is -1.74. The van der Waals surface area contributed by atoms with Crippen molar-refractivity contribution in [2.45, 2.75) is 68.2 Å². The van der Waals surface area contributed by atoms with E-state index in [9.17, 15) is 9.59 Å². The summed E-state index contributed by atoms with van der Waals surface area (Å²) in [5.41, 5.74) is -2.59. The summed E-state index contributed by atoms with van der Waals surface area (Å²) in [7, 11) is 0. The fraction of sp³-hybridized carbons (Fsp3) is 0.700. The van der Waals surface area contributed by atoms with Crippen LogP contribution in [0.25, 0.3) is 0 Å². The number of carbonyl (C=O) groups is 2. The maximum Gasteiger partial charge on any atom is 0.319 e. The maximum atomic E-state index is 12.4. The van der Waals surface area contributed by atoms with Gasteiger partial charge in [-0.25, -0.2) is 0 Å². The summed E-state index contributed by atoms with van der Waals surface area (Å²) in [6.45, 7) is 14.5. The van der Waals surface area contributed by atoms with Crippen LogP contribution >= 0.6 is 0 Å².